The van der Waals surface area contributed by atoms with Gasteiger partial charge in [0.05, 0.1) is 33.0 Å². The number of methoxy groups -OCH3 is 2. The maximum atomic E-state index is 10.3. The van der Waals surface area contributed by atoms with Crippen LogP contribution >= 0.6 is 0 Å². The van der Waals surface area contributed by atoms with Crippen LogP contribution in [0.3, 0.4) is 0 Å². The quantitative estimate of drug-likeness (QED) is 0.220. The van der Waals surface area contributed by atoms with Crippen molar-refractivity contribution in [3.8, 4) is 23.0 Å². The predicted molar refractivity (Wildman–Crippen MR) is 130 cm³/mol. The second-order valence-corrected chi connectivity index (χ2v) is 9.33. The third-order valence-corrected chi connectivity index (χ3v) is 7.18. The van der Waals surface area contributed by atoms with E-state index in [-0.39, 0.29) is 36.2 Å². The van der Waals surface area contributed by atoms with E-state index in [1.807, 2.05) is 0 Å². The van der Waals surface area contributed by atoms with Crippen molar-refractivity contribution in [2.75, 3.05) is 34.0 Å². The van der Waals surface area contributed by atoms with E-state index in [4.69, 9.17) is 23.7 Å². The maximum Gasteiger partial charge on any atom is 0.229 e. The van der Waals surface area contributed by atoms with Crippen LogP contribution in [0.1, 0.15) is 23.3 Å². The topological polar surface area (TPSA) is 188 Å². The first-order valence-electron chi connectivity index (χ1n) is 12.2. The zero-order chi connectivity index (χ0) is 27.6. The maximum absolute atomic E-state index is 10.3. The predicted octanol–water partition coefficient (Wildman–Crippen LogP) is -0.382. The van der Waals surface area contributed by atoms with Crippen molar-refractivity contribution in [3.05, 3.63) is 47.5 Å². The molecule has 2 saturated heterocycles. The highest BCUT2D eigenvalue weighted by molar-refractivity contribution is 5.45. The number of aliphatic hydroxyl groups excluding tert-OH is 6. The van der Waals surface area contributed by atoms with Crippen LogP contribution in [-0.2, 0) is 9.47 Å². The fraction of sp³-hybridized carbons (Fsp3) is 0.538. The third kappa shape index (κ3) is 5.26. The molecule has 0 radical (unpaired) electrons. The van der Waals surface area contributed by atoms with E-state index in [9.17, 15) is 35.7 Å². The Bertz CT molecular complexity index is 1080. The van der Waals surface area contributed by atoms with Crippen LogP contribution in [0.25, 0.3) is 0 Å². The summed E-state index contributed by atoms with van der Waals surface area (Å²) in [5.41, 5.74) is 1.28. The summed E-state index contributed by atoms with van der Waals surface area (Å²) in [5, 5.41) is 70.1. The SMILES string of the molecule is COc1cc([C@H]2O[C@@H](c3ccc(O[C@@H]4O[C@H](CO)[C@@H](O)[C@H](O)[C@H]4O)c(OC)c3)[C@H](CO)[C@@H]2CO)ccc1O. The highest BCUT2D eigenvalue weighted by atomic mass is 16.7. The van der Waals surface area contributed by atoms with Crippen LogP contribution < -0.4 is 14.2 Å². The minimum Gasteiger partial charge on any atom is -0.504 e. The fourth-order valence-corrected chi connectivity index (χ4v) is 5.04. The van der Waals surface area contributed by atoms with Crippen LogP contribution in [0.2, 0.25) is 0 Å². The lowest BCUT2D eigenvalue weighted by Gasteiger charge is -2.39. The number of rotatable bonds is 9. The number of hydrogen-bond acceptors (Lipinski definition) is 12. The van der Waals surface area contributed by atoms with Crippen molar-refractivity contribution >= 4 is 0 Å². The number of benzene rings is 2. The number of aromatic hydroxyl groups is 1. The van der Waals surface area contributed by atoms with Crippen LogP contribution in [0.5, 0.6) is 23.0 Å². The molecule has 38 heavy (non-hydrogen) atoms. The highest BCUT2D eigenvalue weighted by Crippen LogP contribution is 2.51. The summed E-state index contributed by atoms with van der Waals surface area (Å²) in [6, 6.07) is 9.60. The minimum atomic E-state index is -1.60. The van der Waals surface area contributed by atoms with Crippen LogP contribution in [0, 0.1) is 11.8 Å². The van der Waals surface area contributed by atoms with E-state index < -0.39 is 61.4 Å². The summed E-state index contributed by atoms with van der Waals surface area (Å²) in [6.07, 6.45) is -8.49. The molecule has 210 valence electrons. The zero-order valence-corrected chi connectivity index (χ0v) is 21.0. The Labute approximate surface area is 219 Å². The summed E-state index contributed by atoms with van der Waals surface area (Å²) >= 11 is 0. The first kappa shape index (κ1) is 28.3. The van der Waals surface area contributed by atoms with Gasteiger partial charge >= 0.3 is 0 Å². The number of ether oxygens (including phenoxy) is 5. The van der Waals surface area contributed by atoms with Crippen molar-refractivity contribution in [3.63, 3.8) is 0 Å². The molecule has 12 nitrogen and oxygen atoms in total. The largest absolute Gasteiger partial charge is 0.504 e. The Balaban J connectivity index is 1.60. The van der Waals surface area contributed by atoms with Gasteiger partial charge in [-0.1, -0.05) is 12.1 Å². The number of hydrogen-bond donors (Lipinski definition) is 7. The Kier molecular flexibility index (Phi) is 8.96. The molecule has 0 unspecified atom stereocenters. The van der Waals surface area contributed by atoms with Gasteiger partial charge in [-0.15, -0.1) is 0 Å². The standard InChI is InChI=1S/C26H34O12/c1-34-18-7-12(3-5-16(18)30)24-14(9-27)15(10-28)25(38-24)13-4-6-17(19(8-13)35-2)36-26-23(33)22(32)21(31)20(11-29)37-26/h3-8,14-15,20-33H,9-11H2,1-2H3/t14-,15+,20+,21+,22-,23+,24+,25-,26+/m0/s1. The molecule has 0 saturated carbocycles. The third-order valence-electron chi connectivity index (χ3n) is 7.18. The van der Waals surface area contributed by atoms with Gasteiger partial charge in [0.15, 0.2) is 23.0 Å². The van der Waals surface area contributed by atoms with Gasteiger partial charge in [-0.3, -0.25) is 0 Å². The molecule has 0 aliphatic carbocycles. The van der Waals surface area contributed by atoms with Gasteiger partial charge < -0.3 is 59.4 Å². The van der Waals surface area contributed by atoms with Crippen LogP contribution in [0.4, 0.5) is 0 Å². The lowest BCUT2D eigenvalue weighted by molar-refractivity contribution is -0.277. The average molecular weight is 539 g/mol. The van der Waals surface area contributed by atoms with Gasteiger partial charge in [-0.05, 0) is 35.4 Å². The molecular weight excluding hydrogens is 504 g/mol. The number of aliphatic hydroxyl groups is 6. The second kappa shape index (κ2) is 12.0. The molecule has 2 aromatic rings. The lowest BCUT2D eigenvalue weighted by atomic mass is 9.83. The summed E-state index contributed by atoms with van der Waals surface area (Å²) in [5.74, 6) is -0.345. The summed E-state index contributed by atoms with van der Waals surface area (Å²) < 4.78 is 28.1. The van der Waals surface area contributed by atoms with Crippen molar-refractivity contribution in [1.82, 2.24) is 0 Å². The van der Waals surface area contributed by atoms with Gasteiger partial charge in [-0.2, -0.15) is 0 Å². The number of phenolic OH excluding ortho intramolecular Hbond substituents is 1. The molecular formula is C26H34O12. The Morgan fingerprint density at radius 1 is 0.684 bits per heavy atom. The van der Waals surface area contributed by atoms with Gasteiger partial charge in [-0.25, -0.2) is 0 Å². The Morgan fingerprint density at radius 3 is 1.82 bits per heavy atom. The summed E-state index contributed by atoms with van der Waals surface area (Å²) in [6.45, 7) is -1.12. The zero-order valence-electron chi connectivity index (χ0n) is 21.0. The van der Waals surface area contributed by atoms with Gasteiger partial charge in [0.1, 0.15) is 24.4 Å². The molecule has 9 atom stereocenters. The molecule has 4 rings (SSSR count). The molecule has 2 fully saturated rings. The second-order valence-electron chi connectivity index (χ2n) is 9.33. The Hall–Kier alpha value is -2.68. The van der Waals surface area contributed by atoms with E-state index in [0.29, 0.717) is 11.1 Å². The summed E-state index contributed by atoms with van der Waals surface area (Å²) in [4.78, 5) is 0. The molecule has 7 N–H and O–H groups in total. The average Bonchev–Trinajstić information content (AvgIpc) is 3.32. The fourth-order valence-electron chi connectivity index (χ4n) is 5.04. The highest BCUT2D eigenvalue weighted by Gasteiger charge is 2.46. The smallest absolute Gasteiger partial charge is 0.229 e. The minimum absolute atomic E-state index is 0.0372. The van der Waals surface area contributed by atoms with E-state index in [0.717, 1.165) is 0 Å². The van der Waals surface area contributed by atoms with Crippen molar-refractivity contribution < 1.29 is 59.4 Å². The molecule has 0 amide bonds. The van der Waals surface area contributed by atoms with Crippen molar-refractivity contribution in [1.29, 1.82) is 0 Å². The molecule has 2 heterocycles. The molecule has 12 heteroatoms. The van der Waals surface area contributed by atoms with Crippen molar-refractivity contribution in [2.24, 2.45) is 11.8 Å². The molecule has 2 aliphatic rings. The summed E-state index contributed by atoms with van der Waals surface area (Å²) in [7, 11) is 2.83. The normalized spacial score (nSPS) is 33.2. The molecule has 2 aromatic carbocycles. The molecule has 0 bridgehead atoms. The van der Waals surface area contributed by atoms with Gasteiger partial charge in [0.2, 0.25) is 6.29 Å². The first-order chi connectivity index (χ1) is 18.3. The van der Waals surface area contributed by atoms with Crippen LogP contribution in [0.15, 0.2) is 36.4 Å². The monoisotopic (exact) mass is 538 g/mol. The molecule has 0 spiro atoms. The van der Waals surface area contributed by atoms with E-state index in [2.05, 4.69) is 0 Å². The van der Waals surface area contributed by atoms with E-state index >= 15 is 0 Å². The van der Waals surface area contributed by atoms with Gasteiger partial charge in [0, 0.05) is 25.0 Å². The Morgan fingerprint density at radius 2 is 1.26 bits per heavy atom. The number of phenols is 1. The van der Waals surface area contributed by atoms with Crippen molar-refractivity contribution in [2.45, 2.75) is 42.9 Å². The van der Waals surface area contributed by atoms with E-state index in [1.54, 1.807) is 24.3 Å². The van der Waals surface area contributed by atoms with Crippen LogP contribution in [-0.4, -0.2) is 100 Å². The first-order valence-corrected chi connectivity index (χ1v) is 12.2. The lowest BCUT2D eigenvalue weighted by Crippen LogP contribution is -2.60. The van der Waals surface area contributed by atoms with Gasteiger partial charge in [0.25, 0.3) is 0 Å². The molecule has 2 aliphatic heterocycles. The van der Waals surface area contributed by atoms with E-state index in [1.165, 1.54) is 26.4 Å². The molecule has 0 aromatic heterocycles.